The molecule has 2 aliphatic rings. The Morgan fingerprint density at radius 2 is 2.06 bits per heavy atom. The van der Waals surface area contributed by atoms with E-state index in [1.54, 1.807) is 10.7 Å². The lowest BCUT2D eigenvalue weighted by atomic mass is 10.1. The zero-order chi connectivity index (χ0) is 24.4. The zero-order valence-corrected chi connectivity index (χ0v) is 20.7. The molecule has 3 atom stereocenters. The molecule has 0 radical (unpaired) electrons. The first-order valence-electron chi connectivity index (χ1n) is 11.8. The third-order valence-electron chi connectivity index (χ3n) is 7.14. The number of aromatic nitrogens is 5. The number of hydrogen-bond acceptors (Lipinski definition) is 5. The molecule has 5 aromatic rings. The molecule has 0 unspecified atom stereocenters. The van der Waals surface area contributed by atoms with Crippen LogP contribution in [0.2, 0.25) is 4.34 Å². The number of rotatable bonds is 5. The molecule has 0 bridgehead atoms. The Morgan fingerprint density at radius 1 is 1.17 bits per heavy atom. The summed E-state index contributed by atoms with van der Waals surface area (Å²) in [4.78, 5) is 21.5. The first-order chi connectivity index (χ1) is 17.6. The Hall–Kier alpha value is -3.75. The van der Waals surface area contributed by atoms with Gasteiger partial charge >= 0.3 is 0 Å². The quantitative estimate of drug-likeness (QED) is 0.294. The summed E-state index contributed by atoms with van der Waals surface area (Å²) >= 11 is 7.72. The fourth-order valence-electron chi connectivity index (χ4n) is 5.41. The number of carbonyl (C=O) groups excluding carboxylic acids is 1. The van der Waals surface area contributed by atoms with Crippen molar-refractivity contribution in [1.82, 2.24) is 29.3 Å². The van der Waals surface area contributed by atoms with Gasteiger partial charge in [0.2, 0.25) is 0 Å². The highest BCUT2D eigenvalue weighted by atomic mass is 35.5. The molecule has 0 spiro atoms. The van der Waals surface area contributed by atoms with Crippen LogP contribution < -0.4 is 0 Å². The summed E-state index contributed by atoms with van der Waals surface area (Å²) in [5.74, 6) is 0.257. The van der Waals surface area contributed by atoms with Crippen LogP contribution in [0, 0.1) is 5.92 Å². The molecule has 1 saturated carbocycles. The Bertz CT molecular complexity index is 1640. The first-order valence-corrected chi connectivity index (χ1v) is 13.0. The molecule has 7 rings (SSSR count). The van der Waals surface area contributed by atoms with Crippen LogP contribution in [0.3, 0.4) is 0 Å². The summed E-state index contributed by atoms with van der Waals surface area (Å²) in [5, 5.41) is 9.30. The largest absolute Gasteiger partial charge is 0.325 e. The predicted molar refractivity (Wildman–Crippen MR) is 140 cm³/mol. The van der Waals surface area contributed by atoms with E-state index < -0.39 is 0 Å². The SMILES string of the molecule is C=C1[C@@H]2[C@H]1C[C@@H](Cn1cc(-c3ccccn3)cn1)N2C(=O)c1nn2ccccc2c1-c1ccc(Cl)s1. The molecule has 36 heavy (non-hydrogen) atoms. The van der Waals surface area contributed by atoms with Crippen molar-refractivity contribution in [2.45, 2.75) is 25.0 Å². The molecule has 7 nitrogen and oxygen atoms in total. The minimum absolute atomic E-state index is 0.000863. The van der Waals surface area contributed by atoms with Crippen LogP contribution in [0.4, 0.5) is 0 Å². The van der Waals surface area contributed by atoms with Crippen molar-refractivity contribution in [3.05, 3.63) is 95.5 Å². The van der Waals surface area contributed by atoms with Gasteiger partial charge in [-0.3, -0.25) is 14.5 Å². The lowest BCUT2D eigenvalue weighted by Crippen LogP contribution is -2.41. The van der Waals surface area contributed by atoms with E-state index in [2.05, 4.69) is 16.7 Å². The van der Waals surface area contributed by atoms with Gasteiger partial charge in [0.1, 0.15) is 0 Å². The van der Waals surface area contributed by atoms with Crippen molar-refractivity contribution in [2.24, 2.45) is 5.92 Å². The van der Waals surface area contributed by atoms with Gasteiger partial charge in [0.15, 0.2) is 5.69 Å². The van der Waals surface area contributed by atoms with Crippen molar-refractivity contribution < 1.29 is 4.79 Å². The van der Waals surface area contributed by atoms with E-state index in [-0.39, 0.29) is 18.0 Å². The smallest absolute Gasteiger partial charge is 0.275 e. The van der Waals surface area contributed by atoms with Crippen LogP contribution in [0.5, 0.6) is 0 Å². The van der Waals surface area contributed by atoms with Crippen molar-refractivity contribution in [3.63, 3.8) is 0 Å². The second-order valence-electron chi connectivity index (χ2n) is 9.25. The number of carbonyl (C=O) groups is 1. The van der Waals surface area contributed by atoms with E-state index in [1.807, 2.05) is 76.7 Å². The maximum absolute atomic E-state index is 14.2. The highest BCUT2D eigenvalue weighted by molar-refractivity contribution is 7.19. The van der Waals surface area contributed by atoms with E-state index >= 15 is 0 Å². The normalized spacial score (nSPS) is 20.8. The second-order valence-corrected chi connectivity index (χ2v) is 11.0. The molecular weight excluding hydrogens is 492 g/mol. The summed E-state index contributed by atoms with van der Waals surface area (Å²) in [6.45, 7) is 4.83. The van der Waals surface area contributed by atoms with E-state index in [1.165, 1.54) is 11.3 Å². The summed E-state index contributed by atoms with van der Waals surface area (Å²) < 4.78 is 4.36. The fraction of sp³-hybridized carbons (Fsp3) is 0.185. The van der Waals surface area contributed by atoms with Gasteiger partial charge in [-0.05, 0) is 48.4 Å². The number of halogens is 1. The van der Waals surface area contributed by atoms with Crippen molar-refractivity contribution in [2.75, 3.05) is 0 Å². The van der Waals surface area contributed by atoms with E-state index in [4.69, 9.17) is 16.7 Å². The number of amides is 1. The number of piperidine rings is 1. The molecule has 0 N–H and O–H groups in total. The van der Waals surface area contributed by atoms with Gasteiger partial charge in [0, 0.05) is 34.9 Å². The Balaban J connectivity index is 1.24. The first kappa shape index (κ1) is 21.5. The Labute approximate surface area is 216 Å². The number of thiophene rings is 1. The topological polar surface area (TPSA) is 68.3 Å². The van der Waals surface area contributed by atoms with Crippen molar-refractivity contribution in [3.8, 4) is 21.7 Å². The molecule has 6 heterocycles. The summed E-state index contributed by atoms with van der Waals surface area (Å²) in [7, 11) is 0. The minimum Gasteiger partial charge on any atom is -0.325 e. The molecule has 9 heteroatoms. The molecule has 178 valence electrons. The molecule has 1 saturated heterocycles. The van der Waals surface area contributed by atoms with Crippen molar-refractivity contribution >= 4 is 34.4 Å². The number of hydrogen-bond donors (Lipinski definition) is 0. The second kappa shape index (κ2) is 8.15. The zero-order valence-electron chi connectivity index (χ0n) is 19.2. The van der Waals surface area contributed by atoms with Crippen LogP contribution in [0.15, 0.2) is 85.5 Å². The molecule has 1 aliphatic carbocycles. The molecule has 2 fully saturated rings. The third kappa shape index (κ3) is 3.40. The van der Waals surface area contributed by atoms with Crippen molar-refractivity contribution in [1.29, 1.82) is 0 Å². The Morgan fingerprint density at radius 3 is 2.86 bits per heavy atom. The van der Waals surface area contributed by atoms with Gasteiger partial charge in [0.25, 0.3) is 5.91 Å². The maximum atomic E-state index is 14.2. The maximum Gasteiger partial charge on any atom is 0.275 e. The average molecular weight is 513 g/mol. The van der Waals surface area contributed by atoms with Gasteiger partial charge in [0.05, 0.1) is 45.9 Å². The predicted octanol–water partition coefficient (Wildman–Crippen LogP) is 5.44. The summed E-state index contributed by atoms with van der Waals surface area (Å²) in [6, 6.07) is 15.5. The lowest BCUT2D eigenvalue weighted by molar-refractivity contribution is 0.0689. The standard InChI is InChI=1S/C27H21ClN6OS/c1-16-19-12-18(15-32-14-17(13-30-32)20-6-2-4-10-29-20)34(26(16)19)27(35)25-24(22-8-9-23(28)36-22)21-7-3-5-11-33(21)31-25/h2-11,13-14,18-19,26H,1,12,15H2/t18-,19-,26+/m0/s1. The summed E-state index contributed by atoms with van der Waals surface area (Å²) in [5.41, 5.74) is 5.11. The molecule has 5 aromatic heterocycles. The number of pyridine rings is 2. The van der Waals surface area contributed by atoms with Gasteiger partial charge in [-0.2, -0.15) is 10.2 Å². The van der Waals surface area contributed by atoms with E-state index in [0.717, 1.165) is 39.2 Å². The third-order valence-corrected chi connectivity index (χ3v) is 8.38. The fourth-order valence-corrected chi connectivity index (χ4v) is 6.51. The van der Waals surface area contributed by atoms with Crippen LogP contribution in [0.25, 0.3) is 27.2 Å². The van der Waals surface area contributed by atoms with Crippen LogP contribution >= 0.6 is 22.9 Å². The van der Waals surface area contributed by atoms with Gasteiger partial charge in [-0.1, -0.05) is 30.3 Å². The minimum atomic E-state index is -0.0773. The van der Waals surface area contributed by atoms with Gasteiger partial charge < -0.3 is 4.90 Å². The van der Waals surface area contributed by atoms with Gasteiger partial charge in [-0.25, -0.2) is 4.52 Å². The van der Waals surface area contributed by atoms with Crippen LogP contribution in [0.1, 0.15) is 16.9 Å². The van der Waals surface area contributed by atoms with E-state index in [0.29, 0.717) is 22.5 Å². The Kier molecular flexibility index (Phi) is 4.87. The number of nitrogens with zero attached hydrogens (tertiary/aromatic N) is 6. The van der Waals surface area contributed by atoms with Gasteiger partial charge in [-0.15, -0.1) is 11.3 Å². The molecule has 1 amide bonds. The molecule has 1 aliphatic heterocycles. The van der Waals surface area contributed by atoms with Crippen LogP contribution in [-0.4, -0.2) is 47.3 Å². The summed E-state index contributed by atoms with van der Waals surface area (Å²) in [6.07, 6.45) is 8.34. The van der Waals surface area contributed by atoms with Crippen LogP contribution in [-0.2, 0) is 6.54 Å². The monoisotopic (exact) mass is 512 g/mol. The molecule has 0 aromatic carbocycles. The average Bonchev–Trinajstić information content (AvgIpc) is 3.47. The molecular formula is C27H21ClN6OS. The number of likely N-dealkylation sites (tertiary alicyclic amines) is 1. The lowest BCUT2D eigenvalue weighted by Gasteiger charge is -2.27. The highest BCUT2D eigenvalue weighted by Gasteiger charge is 2.58. The van der Waals surface area contributed by atoms with E-state index in [9.17, 15) is 4.79 Å². The highest BCUT2D eigenvalue weighted by Crippen LogP contribution is 2.53. The number of fused-ring (bicyclic) bond motifs is 2.